The Balaban J connectivity index is 1.69. The molecule has 0 radical (unpaired) electrons. The molecule has 1 N–H and O–H groups in total. The zero-order chi connectivity index (χ0) is 20.6. The Morgan fingerprint density at radius 3 is 2.62 bits per heavy atom. The number of hydrogen-bond donors (Lipinski definition) is 1. The summed E-state index contributed by atoms with van der Waals surface area (Å²) >= 11 is 1.20. The summed E-state index contributed by atoms with van der Waals surface area (Å²) in [5, 5.41) is 3.17. The third kappa shape index (κ3) is 5.61. The maximum atomic E-state index is 12.6. The fourth-order valence-electron chi connectivity index (χ4n) is 2.59. The van der Waals surface area contributed by atoms with Gasteiger partial charge >= 0.3 is 5.97 Å². The van der Waals surface area contributed by atoms with Crippen LogP contribution in [0.1, 0.15) is 6.92 Å². The van der Waals surface area contributed by atoms with Gasteiger partial charge in [-0.05, 0) is 31.2 Å². The van der Waals surface area contributed by atoms with E-state index in [9.17, 15) is 14.4 Å². The van der Waals surface area contributed by atoms with Crippen LogP contribution in [0, 0.1) is 0 Å². The van der Waals surface area contributed by atoms with E-state index in [1.807, 2.05) is 30.3 Å². The number of esters is 1. The molecule has 7 nitrogen and oxygen atoms in total. The van der Waals surface area contributed by atoms with Gasteiger partial charge in [0.2, 0.25) is 11.8 Å². The Morgan fingerprint density at radius 2 is 1.86 bits per heavy atom. The monoisotopic (exact) mass is 412 g/mol. The predicted molar refractivity (Wildman–Crippen MR) is 110 cm³/mol. The fourth-order valence-corrected chi connectivity index (χ4v) is 3.52. The summed E-state index contributed by atoms with van der Waals surface area (Å²) in [6.07, 6.45) is 1.23. The second kappa shape index (κ2) is 9.79. The molecule has 1 fully saturated rings. The van der Waals surface area contributed by atoms with Crippen LogP contribution in [-0.4, -0.2) is 41.6 Å². The zero-order valence-corrected chi connectivity index (χ0v) is 16.6. The van der Waals surface area contributed by atoms with E-state index in [2.05, 4.69) is 5.32 Å². The van der Waals surface area contributed by atoms with Gasteiger partial charge in [-0.25, -0.2) is 4.79 Å². The van der Waals surface area contributed by atoms with E-state index in [-0.39, 0.29) is 24.8 Å². The summed E-state index contributed by atoms with van der Waals surface area (Å²) in [6, 6.07) is 16.2. The van der Waals surface area contributed by atoms with E-state index >= 15 is 0 Å². The van der Waals surface area contributed by atoms with Crippen molar-refractivity contribution in [2.24, 2.45) is 0 Å². The van der Waals surface area contributed by atoms with Crippen molar-refractivity contribution < 1.29 is 23.9 Å². The maximum Gasteiger partial charge on any atom is 0.333 e. The number of ether oxygens (including phenoxy) is 2. The first-order chi connectivity index (χ1) is 14.1. The van der Waals surface area contributed by atoms with Gasteiger partial charge in [-0.1, -0.05) is 42.1 Å². The minimum atomic E-state index is -0.545. The summed E-state index contributed by atoms with van der Waals surface area (Å²) in [5.74, 6) is 0.106. The summed E-state index contributed by atoms with van der Waals surface area (Å²) in [7, 11) is 0. The summed E-state index contributed by atoms with van der Waals surface area (Å²) in [4.78, 5) is 37.6. The van der Waals surface area contributed by atoms with Gasteiger partial charge in [0.25, 0.3) is 0 Å². The van der Waals surface area contributed by atoms with Crippen LogP contribution < -0.4 is 10.1 Å². The molecule has 1 aliphatic heterocycles. The molecule has 0 atom stereocenters. The van der Waals surface area contributed by atoms with E-state index < -0.39 is 11.9 Å². The number of rotatable bonds is 7. The van der Waals surface area contributed by atoms with Crippen LogP contribution in [0.4, 0.5) is 5.69 Å². The molecule has 2 aromatic rings. The molecule has 1 aliphatic rings. The van der Waals surface area contributed by atoms with E-state index in [0.717, 1.165) is 0 Å². The van der Waals surface area contributed by atoms with Gasteiger partial charge in [0, 0.05) is 0 Å². The lowest BCUT2D eigenvalue weighted by molar-refractivity contribution is -0.137. The molecule has 150 valence electrons. The summed E-state index contributed by atoms with van der Waals surface area (Å²) in [5.41, 5.74) is 0.483. The topological polar surface area (TPSA) is 84.9 Å². The Bertz CT molecular complexity index is 930. The molecular weight excluding hydrogens is 392 g/mol. The van der Waals surface area contributed by atoms with Crippen molar-refractivity contribution in [1.29, 1.82) is 0 Å². The van der Waals surface area contributed by atoms with E-state index in [1.165, 1.54) is 22.7 Å². The largest absolute Gasteiger partial charge is 0.463 e. The first kappa shape index (κ1) is 20.5. The van der Waals surface area contributed by atoms with Crippen molar-refractivity contribution in [3.63, 3.8) is 0 Å². The SMILES string of the molecule is CCOC(=O)/C=C1\SCC(=O)N1CC(=O)Nc1ccccc1Oc1ccccc1. The second-order valence-corrected chi connectivity index (χ2v) is 6.96. The Morgan fingerprint density at radius 1 is 1.14 bits per heavy atom. The van der Waals surface area contributed by atoms with Crippen LogP contribution in [-0.2, 0) is 19.1 Å². The molecule has 0 saturated carbocycles. The van der Waals surface area contributed by atoms with Gasteiger partial charge in [-0.3, -0.25) is 14.5 Å². The van der Waals surface area contributed by atoms with Gasteiger partial charge in [0.05, 0.1) is 29.2 Å². The van der Waals surface area contributed by atoms with Crippen molar-refractivity contribution in [3.05, 3.63) is 65.7 Å². The number of carbonyl (C=O) groups is 3. The first-order valence-electron chi connectivity index (χ1n) is 9.00. The third-order valence-electron chi connectivity index (χ3n) is 3.87. The van der Waals surface area contributed by atoms with E-state index in [4.69, 9.17) is 9.47 Å². The highest BCUT2D eigenvalue weighted by Crippen LogP contribution is 2.31. The number of carbonyl (C=O) groups excluding carboxylic acids is 3. The minimum Gasteiger partial charge on any atom is -0.463 e. The smallest absolute Gasteiger partial charge is 0.333 e. The number of para-hydroxylation sites is 3. The van der Waals surface area contributed by atoms with Crippen LogP contribution in [0.5, 0.6) is 11.5 Å². The Labute approximate surface area is 172 Å². The molecule has 1 heterocycles. The normalized spacial score (nSPS) is 14.7. The summed E-state index contributed by atoms with van der Waals surface area (Å²) in [6.45, 7) is 1.72. The van der Waals surface area contributed by atoms with Crippen LogP contribution in [0.3, 0.4) is 0 Å². The molecule has 0 bridgehead atoms. The average Bonchev–Trinajstić information content (AvgIpc) is 3.04. The molecule has 3 rings (SSSR count). The third-order valence-corrected chi connectivity index (χ3v) is 4.90. The quantitative estimate of drug-likeness (QED) is 0.554. The van der Waals surface area contributed by atoms with Crippen molar-refractivity contribution >= 4 is 35.2 Å². The molecule has 2 aromatic carbocycles. The van der Waals surface area contributed by atoms with Gasteiger partial charge in [0.15, 0.2) is 5.75 Å². The first-order valence-corrected chi connectivity index (χ1v) is 9.98. The maximum absolute atomic E-state index is 12.6. The average molecular weight is 412 g/mol. The Hall–Kier alpha value is -3.26. The molecule has 8 heteroatoms. The molecule has 2 amide bonds. The highest BCUT2D eigenvalue weighted by atomic mass is 32.2. The molecule has 0 unspecified atom stereocenters. The lowest BCUT2D eigenvalue weighted by Gasteiger charge is -2.17. The number of hydrogen-bond acceptors (Lipinski definition) is 6. The number of thioether (sulfide) groups is 1. The van der Waals surface area contributed by atoms with E-state index in [0.29, 0.717) is 22.2 Å². The molecule has 0 spiro atoms. The molecule has 0 aromatic heterocycles. The van der Waals surface area contributed by atoms with E-state index in [1.54, 1.807) is 31.2 Å². The molecule has 1 saturated heterocycles. The molecular formula is C21H20N2O5S. The van der Waals surface area contributed by atoms with Crippen LogP contribution >= 0.6 is 11.8 Å². The van der Waals surface area contributed by atoms with Crippen LogP contribution in [0.25, 0.3) is 0 Å². The molecule has 29 heavy (non-hydrogen) atoms. The molecule has 0 aliphatic carbocycles. The highest BCUT2D eigenvalue weighted by molar-refractivity contribution is 8.04. The Kier molecular flexibility index (Phi) is 6.91. The van der Waals surface area contributed by atoms with Gasteiger partial charge < -0.3 is 14.8 Å². The number of anilines is 1. The van der Waals surface area contributed by atoms with Crippen LogP contribution in [0.2, 0.25) is 0 Å². The van der Waals surface area contributed by atoms with Crippen molar-refractivity contribution in [3.8, 4) is 11.5 Å². The standard InChI is InChI=1S/C21H20N2O5S/c1-2-27-21(26)12-20-23(19(25)14-29-20)13-18(24)22-16-10-6-7-11-17(16)28-15-8-4-3-5-9-15/h3-12H,2,13-14H2,1H3,(H,22,24)/b20-12-. The number of amides is 2. The van der Waals surface area contributed by atoms with Gasteiger partial charge in [-0.15, -0.1) is 0 Å². The lowest BCUT2D eigenvalue weighted by Crippen LogP contribution is -2.34. The lowest BCUT2D eigenvalue weighted by atomic mass is 10.2. The fraction of sp³-hybridized carbons (Fsp3) is 0.190. The number of nitrogens with one attached hydrogen (secondary N) is 1. The van der Waals surface area contributed by atoms with Crippen molar-refractivity contribution in [1.82, 2.24) is 4.90 Å². The van der Waals surface area contributed by atoms with Crippen molar-refractivity contribution in [2.75, 3.05) is 24.2 Å². The number of nitrogens with zero attached hydrogens (tertiary/aromatic N) is 1. The van der Waals surface area contributed by atoms with Crippen LogP contribution in [0.15, 0.2) is 65.7 Å². The van der Waals surface area contributed by atoms with Crippen molar-refractivity contribution in [2.45, 2.75) is 6.92 Å². The summed E-state index contributed by atoms with van der Waals surface area (Å²) < 4.78 is 10.7. The van der Waals surface area contributed by atoms with Gasteiger partial charge in [-0.2, -0.15) is 0 Å². The van der Waals surface area contributed by atoms with Gasteiger partial charge in [0.1, 0.15) is 12.3 Å². The predicted octanol–water partition coefficient (Wildman–Crippen LogP) is 3.40. The second-order valence-electron chi connectivity index (χ2n) is 5.96. The number of benzene rings is 2. The minimum absolute atomic E-state index is 0.173. The highest BCUT2D eigenvalue weighted by Gasteiger charge is 2.29. The zero-order valence-electron chi connectivity index (χ0n) is 15.8.